The van der Waals surface area contributed by atoms with Gasteiger partial charge in [-0.3, -0.25) is 4.79 Å². The zero-order valence-corrected chi connectivity index (χ0v) is 14.6. The number of fused-ring (bicyclic) bond motifs is 1. The summed E-state index contributed by atoms with van der Waals surface area (Å²) in [5.41, 5.74) is 5.43. The van der Waals surface area contributed by atoms with Crippen molar-refractivity contribution in [3.8, 4) is 5.88 Å². The fourth-order valence-electron chi connectivity index (χ4n) is 2.78. The lowest BCUT2D eigenvalue weighted by molar-refractivity contribution is -0.130. The van der Waals surface area contributed by atoms with Crippen LogP contribution in [0.25, 0.3) is 10.8 Å². The summed E-state index contributed by atoms with van der Waals surface area (Å²) < 4.78 is 7.91. The largest absolute Gasteiger partial charge is 0.478 e. The topological polar surface area (TPSA) is 71.7 Å². The van der Waals surface area contributed by atoms with Gasteiger partial charge in [0, 0.05) is 48.0 Å². The molecule has 0 saturated carbocycles. The molecule has 7 heteroatoms. The van der Waals surface area contributed by atoms with E-state index in [1.165, 1.54) is 4.90 Å². The lowest BCUT2D eigenvalue weighted by atomic mass is 10.2. The predicted molar refractivity (Wildman–Crippen MR) is 96.0 cm³/mol. The van der Waals surface area contributed by atoms with E-state index in [2.05, 4.69) is 15.4 Å². The number of nitrogens with two attached hydrogens (primary N) is 1. The van der Waals surface area contributed by atoms with Crippen molar-refractivity contribution in [1.29, 1.82) is 0 Å². The average Bonchev–Trinajstić information content (AvgIpc) is 2.63. The first-order valence-corrected chi connectivity index (χ1v) is 8.91. The van der Waals surface area contributed by atoms with E-state index in [0.717, 1.165) is 37.0 Å². The van der Waals surface area contributed by atoms with Crippen LogP contribution in [-0.4, -0.2) is 59.4 Å². The highest BCUT2D eigenvalue weighted by atomic mass is 32.2. The SMILES string of the molecule is CCOc1nccc2c(SN3CCN(C(=O)CN)CC3)cccc12. The molecule has 1 amide bonds. The van der Waals surface area contributed by atoms with Crippen LogP contribution in [0.3, 0.4) is 0 Å². The van der Waals surface area contributed by atoms with Gasteiger partial charge in [0.1, 0.15) is 0 Å². The highest BCUT2D eigenvalue weighted by Crippen LogP contribution is 2.33. The van der Waals surface area contributed by atoms with Crippen molar-refractivity contribution in [3.63, 3.8) is 0 Å². The summed E-state index contributed by atoms with van der Waals surface area (Å²) in [4.78, 5) is 19.0. The van der Waals surface area contributed by atoms with E-state index in [1.54, 1.807) is 18.1 Å². The Bertz CT molecular complexity index is 717. The second-order valence-corrected chi connectivity index (χ2v) is 6.64. The Balaban J connectivity index is 1.74. The van der Waals surface area contributed by atoms with E-state index in [4.69, 9.17) is 10.5 Å². The molecule has 1 aliphatic heterocycles. The number of carbonyl (C=O) groups is 1. The molecule has 1 aromatic carbocycles. The molecule has 1 fully saturated rings. The molecule has 2 N–H and O–H groups in total. The third kappa shape index (κ3) is 3.63. The summed E-state index contributed by atoms with van der Waals surface area (Å²) in [6, 6.07) is 8.20. The second-order valence-electron chi connectivity index (χ2n) is 5.51. The number of hydrogen-bond donors (Lipinski definition) is 1. The van der Waals surface area contributed by atoms with Gasteiger partial charge in [-0.1, -0.05) is 6.07 Å². The molecule has 1 aromatic heterocycles. The molecule has 6 nitrogen and oxygen atoms in total. The fourth-order valence-corrected chi connectivity index (χ4v) is 3.82. The number of hydrogen-bond acceptors (Lipinski definition) is 6. The minimum Gasteiger partial charge on any atom is -0.478 e. The minimum atomic E-state index is 0.0252. The molecule has 24 heavy (non-hydrogen) atoms. The molecular weight excluding hydrogens is 324 g/mol. The van der Waals surface area contributed by atoms with Crippen LogP contribution in [0.5, 0.6) is 5.88 Å². The molecule has 128 valence electrons. The summed E-state index contributed by atoms with van der Waals surface area (Å²) in [5, 5.41) is 2.17. The van der Waals surface area contributed by atoms with Crippen LogP contribution in [0.1, 0.15) is 6.92 Å². The van der Waals surface area contributed by atoms with Crippen molar-refractivity contribution in [1.82, 2.24) is 14.2 Å². The van der Waals surface area contributed by atoms with Crippen LogP contribution < -0.4 is 10.5 Å². The Hall–Kier alpha value is -1.83. The van der Waals surface area contributed by atoms with Gasteiger partial charge in [-0.05, 0) is 37.1 Å². The average molecular weight is 346 g/mol. The number of pyridine rings is 1. The van der Waals surface area contributed by atoms with Crippen LogP contribution in [0.4, 0.5) is 0 Å². The minimum absolute atomic E-state index is 0.0252. The van der Waals surface area contributed by atoms with Gasteiger partial charge >= 0.3 is 0 Å². The van der Waals surface area contributed by atoms with Crippen molar-refractivity contribution >= 4 is 28.6 Å². The first-order valence-electron chi connectivity index (χ1n) is 8.14. The monoisotopic (exact) mass is 346 g/mol. The van der Waals surface area contributed by atoms with E-state index >= 15 is 0 Å². The maximum absolute atomic E-state index is 11.7. The van der Waals surface area contributed by atoms with Crippen LogP contribution in [-0.2, 0) is 4.79 Å². The van der Waals surface area contributed by atoms with E-state index < -0.39 is 0 Å². The first kappa shape index (κ1) is 17.0. The Labute approximate surface area is 146 Å². The summed E-state index contributed by atoms with van der Waals surface area (Å²) in [6.07, 6.45) is 1.79. The molecule has 2 aromatic rings. The molecule has 0 atom stereocenters. The summed E-state index contributed by atoms with van der Waals surface area (Å²) in [6.45, 7) is 5.75. The Morgan fingerprint density at radius 1 is 1.25 bits per heavy atom. The molecule has 3 rings (SSSR count). The van der Waals surface area contributed by atoms with Gasteiger partial charge < -0.3 is 15.4 Å². The predicted octanol–water partition coefficient (Wildman–Crippen LogP) is 1.74. The zero-order chi connectivity index (χ0) is 16.9. The number of nitrogens with zero attached hydrogens (tertiary/aromatic N) is 3. The van der Waals surface area contributed by atoms with Crippen molar-refractivity contribution in [3.05, 3.63) is 30.5 Å². The molecule has 0 unspecified atom stereocenters. The molecule has 0 radical (unpaired) electrons. The molecule has 1 saturated heterocycles. The molecule has 0 bridgehead atoms. The van der Waals surface area contributed by atoms with Crippen LogP contribution in [0, 0.1) is 0 Å². The maximum atomic E-state index is 11.7. The molecule has 0 spiro atoms. The number of ether oxygens (including phenoxy) is 1. The molecule has 2 heterocycles. The van der Waals surface area contributed by atoms with Gasteiger partial charge in [0.2, 0.25) is 11.8 Å². The standard InChI is InChI=1S/C17H22N4O2S/c1-2-23-17-14-4-3-5-15(13(14)6-7-19-17)24-21-10-8-20(9-11-21)16(22)12-18/h3-7H,2,8-12,18H2,1H3. The van der Waals surface area contributed by atoms with Crippen LogP contribution in [0.2, 0.25) is 0 Å². The van der Waals surface area contributed by atoms with Gasteiger partial charge in [0.15, 0.2) is 0 Å². The smallest absolute Gasteiger partial charge is 0.236 e. The third-order valence-corrected chi connectivity index (χ3v) is 5.18. The summed E-state index contributed by atoms with van der Waals surface area (Å²) in [5.74, 6) is 0.702. The summed E-state index contributed by atoms with van der Waals surface area (Å²) >= 11 is 1.72. The van der Waals surface area contributed by atoms with Crippen LogP contribution in [0.15, 0.2) is 35.4 Å². The number of carbonyl (C=O) groups excluding carboxylic acids is 1. The van der Waals surface area contributed by atoms with Gasteiger partial charge in [0.05, 0.1) is 13.2 Å². The normalized spacial score (nSPS) is 15.7. The fraction of sp³-hybridized carbons (Fsp3) is 0.412. The highest BCUT2D eigenvalue weighted by molar-refractivity contribution is 7.97. The van der Waals surface area contributed by atoms with E-state index in [-0.39, 0.29) is 12.5 Å². The Morgan fingerprint density at radius 3 is 2.75 bits per heavy atom. The maximum Gasteiger partial charge on any atom is 0.236 e. The van der Waals surface area contributed by atoms with Crippen molar-refractivity contribution < 1.29 is 9.53 Å². The number of benzene rings is 1. The lowest BCUT2D eigenvalue weighted by Gasteiger charge is -2.33. The van der Waals surface area contributed by atoms with E-state index in [0.29, 0.717) is 12.5 Å². The van der Waals surface area contributed by atoms with E-state index in [1.807, 2.05) is 30.0 Å². The molecule has 0 aliphatic carbocycles. The second kappa shape index (κ2) is 7.83. The zero-order valence-electron chi connectivity index (χ0n) is 13.8. The number of aromatic nitrogens is 1. The number of amides is 1. The number of rotatable bonds is 5. The lowest BCUT2D eigenvalue weighted by Crippen LogP contribution is -2.48. The van der Waals surface area contributed by atoms with Crippen molar-refractivity contribution in [2.24, 2.45) is 5.73 Å². The Morgan fingerprint density at radius 2 is 2.04 bits per heavy atom. The highest BCUT2D eigenvalue weighted by Gasteiger charge is 2.21. The quantitative estimate of drug-likeness (QED) is 0.832. The van der Waals surface area contributed by atoms with Gasteiger partial charge in [-0.15, -0.1) is 0 Å². The van der Waals surface area contributed by atoms with Crippen LogP contribution >= 0.6 is 11.9 Å². The van der Waals surface area contributed by atoms with Gasteiger partial charge in [-0.25, -0.2) is 9.29 Å². The third-order valence-electron chi connectivity index (χ3n) is 4.00. The van der Waals surface area contributed by atoms with Gasteiger partial charge in [0.25, 0.3) is 0 Å². The number of piperazine rings is 1. The van der Waals surface area contributed by atoms with Crippen molar-refractivity contribution in [2.75, 3.05) is 39.3 Å². The molecular formula is C17H22N4O2S. The van der Waals surface area contributed by atoms with Crippen molar-refractivity contribution in [2.45, 2.75) is 11.8 Å². The molecule has 1 aliphatic rings. The Kier molecular flexibility index (Phi) is 5.55. The van der Waals surface area contributed by atoms with Gasteiger partial charge in [-0.2, -0.15) is 0 Å². The first-order chi connectivity index (χ1) is 11.7. The van der Waals surface area contributed by atoms with E-state index in [9.17, 15) is 4.79 Å². The summed E-state index contributed by atoms with van der Waals surface area (Å²) in [7, 11) is 0.